The van der Waals surface area contributed by atoms with E-state index in [1.807, 2.05) is 30.3 Å². The molecule has 0 spiro atoms. The molecule has 1 unspecified atom stereocenters. The molecular weight excluding hydrogens is 352 g/mol. The number of aliphatic carboxylic acids is 1. The molecule has 0 bridgehead atoms. The molecule has 0 fully saturated rings. The zero-order valence-corrected chi connectivity index (χ0v) is 15.9. The minimum Gasteiger partial charge on any atom is -0.480 e. The normalized spacial score (nSPS) is 13.5. The molecule has 0 aliphatic heterocycles. The average molecular weight is 380 g/mol. The van der Waals surface area contributed by atoms with Gasteiger partial charge in [0.1, 0.15) is 11.6 Å². The third kappa shape index (κ3) is 8.08. The van der Waals surface area contributed by atoms with Crippen LogP contribution in [0.4, 0.5) is 9.59 Å². The number of hydrogen-bond donors (Lipinski definition) is 3. The summed E-state index contributed by atoms with van der Waals surface area (Å²) in [7, 11) is 0. The molecule has 27 heavy (non-hydrogen) atoms. The highest BCUT2D eigenvalue weighted by molar-refractivity contribution is 5.92. The smallest absolute Gasteiger partial charge is 0.420 e. The fourth-order valence-corrected chi connectivity index (χ4v) is 2.61. The van der Waals surface area contributed by atoms with Crippen LogP contribution in [-0.4, -0.2) is 51.0 Å². The molecule has 0 heterocycles. The van der Waals surface area contributed by atoms with Crippen LogP contribution in [-0.2, 0) is 16.0 Å². The molecule has 2 amide bonds. The van der Waals surface area contributed by atoms with Crippen LogP contribution in [0.2, 0.25) is 0 Å². The first-order valence-corrected chi connectivity index (χ1v) is 8.78. The van der Waals surface area contributed by atoms with Gasteiger partial charge in [0.2, 0.25) is 0 Å². The van der Waals surface area contributed by atoms with E-state index in [-0.39, 0.29) is 17.4 Å². The third-order valence-corrected chi connectivity index (χ3v) is 3.79. The predicted octanol–water partition coefficient (Wildman–Crippen LogP) is 3.10. The molecule has 2 atom stereocenters. The predicted molar refractivity (Wildman–Crippen MR) is 99.5 cm³/mol. The molecule has 8 heteroatoms. The van der Waals surface area contributed by atoms with Crippen LogP contribution in [0.25, 0.3) is 0 Å². The molecule has 8 nitrogen and oxygen atoms in total. The molecule has 0 aliphatic carbocycles. The average Bonchev–Trinajstić information content (AvgIpc) is 2.52. The quantitative estimate of drug-likeness (QED) is 0.631. The van der Waals surface area contributed by atoms with Gasteiger partial charge in [0.05, 0.1) is 0 Å². The monoisotopic (exact) mass is 380 g/mol. The van der Waals surface area contributed by atoms with E-state index in [4.69, 9.17) is 10.5 Å². The van der Waals surface area contributed by atoms with Gasteiger partial charge in [-0.1, -0.05) is 30.3 Å². The second-order valence-electron chi connectivity index (χ2n) is 7.37. The van der Waals surface area contributed by atoms with Gasteiger partial charge in [0.15, 0.2) is 0 Å². The molecule has 0 aromatic heterocycles. The van der Waals surface area contributed by atoms with Gasteiger partial charge < -0.3 is 20.7 Å². The van der Waals surface area contributed by atoms with Crippen molar-refractivity contribution in [3.63, 3.8) is 0 Å². The maximum atomic E-state index is 12.1. The van der Waals surface area contributed by atoms with Crippen molar-refractivity contribution in [2.45, 2.75) is 64.1 Å². The maximum Gasteiger partial charge on any atom is 0.420 e. The van der Waals surface area contributed by atoms with Crippen molar-refractivity contribution in [3.05, 3.63) is 35.9 Å². The van der Waals surface area contributed by atoms with Gasteiger partial charge in [-0.15, -0.1) is 0 Å². The first-order chi connectivity index (χ1) is 12.5. The Bertz CT molecular complexity index is 641. The van der Waals surface area contributed by atoms with E-state index in [0.717, 1.165) is 5.56 Å². The summed E-state index contributed by atoms with van der Waals surface area (Å²) in [4.78, 5) is 35.3. The van der Waals surface area contributed by atoms with Crippen molar-refractivity contribution in [2.24, 2.45) is 5.73 Å². The van der Waals surface area contributed by atoms with Crippen LogP contribution in [0.1, 0.15) is 45.6 Å². The number of rotatable bonds is 8. The van der Waals surface area contributed by atoms with Gasteiger partial charge in [-0.3, -0.25) is 0 Å². The number of carboxylic acids is 1. The van der Waals surface area contributed by atoms with E-state index in [1.165, 1.54) is 0 Å². The summed E-state index contributed by atoms with van der Waals surface area (Å²) in [6.45, 7) is 4.72. The second-order valence-corrected chi connectivity index (χ2v) is 7.37. The molecule has 0 radical (unpaired) electrons. The number of nitrogens with zero attached hydrogens (tertiary/aromatic N) is 1. The Labute approximate surface area is 158 Å². The van der Waals surface area contributed by atoms with E-state index < -0.39 is 29.8 Å². The fraction of sp³-hybridized carbons (Fsp3) is 0.526. The van der Waals surface area contributed by atoms with E-state index in [2.05, 4.69) is 0 Å². The van der Waals surface area contributed by atoms with E-state index in [0.29, 0.717) is 19.3 Å². The molecule has 1 aromatic carbocycles. The van der Waals surface area contributed by atoms with Crippen molar-refractivity contribution in [1.82, 2.24) is 4.90 Å². The molecule has 0 saturated heterocycles. The van der Waals surface area contributed by atoms with Crippen molar-refractivity contribution in [3.8, 4) is 0 Å². The van der Waals surface area contributed by atoms with Gasteiger partial charge in [0.25, 0.3) is 0 Å². The number of amides is 2. The van der Waals surface area contributed by atoms with Crippen molar-refractivity contribution < 1.29 is 29.3 Å². The molecule has 1 rings (SSSR count). The molecule has 150 valence electrons. The molecule has 4 N–H and O–H groups in total. The Morgan fingerprint density at radius 1 is 1.11 bits per heavy atom. The Kier molecular flexibility index (Phi) is 8.24. The summed E-state index contributed by atoms with van der Waals surface area (Å²) in [6.07, 6.45) is -1.41. The van der Waals surface area contributed by atoms with Gasteiger partial charge in [-0.2, -0.15) is 4.90 Å². The lowest BCUT2D eigenvalue weighted by atomic mass is 10.00. The lowest BCUT2D eigenvalue weighted by Gasteiger charge is -2.28. The number of hydrogen-bond acceptors (Lipinski definition) is 5. The Morgan fingerprint density at radius 3 is 2.19 bits per heavy atom. The minimum atomic E-state index is -1.66. The highest BCUT2D eigenvalue weighted by Gasteiger charge is 2.37. The number of imide groups is 1. The summed E-state index contributed by atoms with van der Waals surface area (Å²) >= 11 is 0. The van der Waals surface area contributed by atoms with Gasteiger partial charge in [0, 0.05) is 6.04 Å². The topological polar surface area (TPSA) is 130 Å². The Balaban J connectivity index is 2.69. The van der Waals surface area contributed by atoms with Gasteiger partial charge >= 0.3 is 18.2 Å². The maximum absolute atomic E-state index is 12.1. The standard InChI is InChI=1S/C19H28N2O6/c1-19(2,3)27-18(26)21(17(24)25)15(16(22)23)11-7-10-14(20)12-13-8-5-4-6-9-13/h4-6,8-9,14-15H,7,10-12,20H2,1-3H3,(H,22,23)(H,24,25)/t14?,15-/m0/s1. The first kappa shape index (κ1) is 22.4. The Hall–Kier alpha value is -2.61. The fourth-order valence-electron chi connectivity index (χ4n) is 2.61. The highest BCUT2D eigenvalue weighted by Crippen LogP contribution is 2.17. The zero-order valence-electron chi connectivity index (χ0n) is 15.9. The highest BCUT2D eigenvalue weighted by atomic mass is 16.6. The first-order valence-electron chi connectivity index (χ1n) is 8.78. The number of carbonyl (C=O) groups excluding carboxylic acids is 1. The van der Waals surface area contributed by atoms with Crippen LogP contribution in [0.3, 0.4) is 0 Å². The summed E-state index contributed by atoms with van der Waals surface area (Å²) in [5.41, 5.74) is 6.21. The summed E-state index contributed by atoms with van der Waals surface area (Å²) in [5.74, 6) is -1.40. The molecule has 0 saturated carbocycles. The van der Waals surface area contributed by atoms with Crippen LogP contribution in [0.15, 0.2) is 30.3 Å². The Morgan fingerprint density at radius 2 is 1.70 bits per heavy atom. The van der Waals surface area contributed by atoms with Crippen molar-refractivity contribution >= 4 is 18.2 Å². The minimum absolute atomic E-state index is 0.0383. The SMILES string of the molecule is CC(C)(C)OC(=O)N(C(=O)O)[C@@H](CCCC(N)Cc1ccccc1)C(=O)O. The summed E-state index contributed by atoms with van der Waals surface area (Å²) in [5, 5.41) is 18.7. The summed E-state index contributed by atoms with van der Waals surface area (Å²) in [6, 6.07) is 7.91. The van der Waals surface area contributed by atoms with E-state index in [1.54, 1.807) is 20.8 Å². The van der Waals surface area contributed by atoms with Crippen molar-refractivity contribution in [1.29, 1.82) is 0 Å². The van der Waals surface area contributed by atoms with E-state index in [9.17, 15) is 24.6 Å². The molecular formula is C19H28N2O6. The number of benzene rings is 1. The van der Waals surface area contributed by atoms with Gasteiger partial charge in [-0.05, 0) is 52.0 Å². The van der Waals surface area contributed by atoms with Crippen LogP contribution >= 0.6 is 0 Å². The number of carbonyl (C=O) groups is 3. The van der Waals surface area contributed by atoms with Crippen LogP contribution in [0, 0.1) is 0 Å². The van der Waals surface area contributed by atoms with Crippen LogP contribution in [0.5, 0.6) is 0 Å². The largest absolute Gasteiger partial charge is 0.480 e. The number of carboxylic acid groups (broad SMARTS) is 2. The number of ether oxygens (including phenoxy) is 1. The van der Waals surface area contributed by atoms with Gasteiger partial charge in [-0.25, -0.2) is 14.4 Å². The zero-order chi connectivity index (χ0) is 20.6. The molecule has 1 aromatic rings. The third-order valence-electron chi connectivity index (χ3n) is 3.79. The lowest BCUT2D eigenvalue weighted by molar-refractivity contribution is -0.142. The lowest BCUT2D eigenvalue weighted by Crippen LogP contribution is -2.50. The second kappa shape index (κ2) is 9.91. The van der Waals surface area contributed by atoms with Crippen LogP contribution < -0.4 is 5.73 Å². The molecule has 0 aliphatic rings. The number of nitrogens with two attached hydrogens (primary N) is 1. The van der Waals surface area contributed by atoms with Crippen molar-refractivity contribution in [2.75, 3.05) is 0 Å². The van der Waals surface area contributed by atoms with E-state index >= 15 is 0 Å². The summed E-state index contributed by atoms with van der Waals surface area (Å²) < 4.78 is 5.02.